The number of carbonyl (C=O) groups is 2. The number of carbonyl (C=O) groups excluding carboxylic acids is 2. The predicted molar refractivity (Wildman–Crippen MR) is 152 cm³/mol. The van der Waals surface area contributed by atoms with Gasteiger partial charge in [0.1, 0.15) is 12.6 Å². The quantitative estimate of drug-likeness (QED) is 0.330. The molecule has 10 heteroatoms. The minimum absolute atomic E-state index is 0.0209. The van der Waals surface area contributed by atoms with Crippen LogP contribution in [-0.4, -0.2) is 44.3 Å². The molecule has 0 unspecified atom stereocenters. The molecule has 0 radical (unpaired) electrons. The first-order valence-electron chi connectivity index (χ1n) is 12.2. The summed E-state index contributed by atoms with van der Waals surface area (Å²) in [6.45, 7) is 5.26. The standard InChI is InChI=1S/C28H31Cl2N3O4S/c1-4-16-31-28(35)21(3)32(18-22-10-8-9-13-25(22)29)27(34)19-33(23-15-14-20(2)26(30)17-23)38(36,37)24-11-6-5-7-12-24/h5-15,17,21H,4,16,18-19H2,1-3H3,(H,31,35)/t21-/m1/s1. The van der Waals surface area contributed by atoms with E-state index in [1.165, 1.54) is 23.1 Å². The summed E-state index contributed by atoms with van der Waals surface area (Å²) in [6.07, 6.45) is 0.730. The van der Waals surface area contributed by atoms with Gasteiger partial charge >= 0.3 is 0 Å². The van der Waals surface area contributed by atoms with Crippen LogP contribution in [0.15, 0.2) is 77.7 Å². The molecule has 0 aromatic heterocycles. The summed E-state index contributed by atoms with van der Waals surface area (Å²) >= 11 is 12.7. The summed E-state index contributed by atoms with van der Waals surface area (Å²) in [5.41, 5.74) is 1.63. The van der Waals surface area contributed by atoms with Gasteiger partial charge in [0.25, 0.3) is 10.0 Å². The maximum absolute atomic E-state index is 13.9. The van der Waals surface area contributed by atoms with Crippen molar-refractivity contribution in [3.63, 3.8) is 0 Å². The zero-order valence-corrected chi connectivity index (χ0v) is 23.9. The lowest BCUT2D eigenvalue weighted by Crippen LogP contribution is -2.51. The molecule has 0 heterocycles. The number of hydrogen-bond donors (Lipinski definition) is 1. The monoisotopic (exact) mass is 575 g/mol. The van der Waals surface area contributed by atoms with Crippen LogP contribution in [0.25, 0.3) is 0 Å². The summed E-state index contributed by atoms with van der Waals surface area (Å²) in [7, 11) is -4.15. The van der Waals surface area contributed by atoms with Crippen LogP contribution >= 0.6 is 23.2 Å². The Bertz CT molecular complexity index is 1380. The van der Waals surface area contributed by atoms with Gasteiger partial charge < -0.3 is 10.2 Å². The third kappa shape index (κ3) is 7.07. The van der Waals surface area contributed by atoms with Crippen molar-refractivity contribution in [3.05, 3.63) is 94.0 Å². The molecule has 0 saturated heterocycles. The number of anilines is 1. The van der Waals surface area contributed by atoms with E-state index in [0.29, 0.717) is 22.2 Å². The Morgan fingerprint density at radius 3 is 2.24 bits per heavy atom. The summed E-state index contributed by atoms with van der Waals surface area (Å²) in [4.78, 5) is 28.1. The normalized spacial score (nSPS) is 12.0. The lowest BCUT2D eigenvalue weighted by molar-refractivity contribution is -0.139. The fourth-order valence-electron chi connectivity index (χ4n) is 3.77. The molecule has 3 aromatic carbocycles. The van der Waals surface area contributed by atoms with Crippen molar-refractivity contribution in [1.82, 2.24) is 10.2 Å². The maximum Gasteiger partial charge on any atom is 0.264 e. The Labute approximate surface area is 234 Å². The minimum Gasteiger partial charge on any atom is -0.354 e. The second kappa shape index (κ2) is 13.1. The van der Waals surface area contributed by atoms with Crippen molar-refractivity contribution >= 4 is 50.7 Å². The molecule has 7 nitrogen and oxygen atoms in total. The molecule has 0 aliphatic heterocycles. The third-order valence-corrected chi connectivity index (χ3v) is 8.63. The van der Waals surface area contributed by atoms with E-state index < -0.39 is 28.5 Å². The van der Waals surface area contributed by atoms with E-state index in [9.17, 15) is 18.0 Å². The number of sulfonamides is 1. The van der Waals surface area contributed by atoms with Crippen molar-refractivity contribution in [2.24, 2.45) is 0 Å². The van der Waals surface area contributed by atoms with Gasteiger partial charge in [0.2, 0.25) is 11.8 Å². The molecule has 0 spiro atoms. The highest BCUT2D eigenvalue weighted by Gasteiger charge is 2.32. The number of nitrogens with one attached hydrogen (secondary N) is 1. The highest BCUT2D eigenvalue weighted by atomic mass is 35.5. The molecule has 3 aromatic rings. The Kier molecular flexibility index (Phi) is 10.2. The van der Waals surface area contributed by atoms with Gasteiger partial charge in [-0.15, -0.1) is 0 Å². The second-order valence-electron chi connectivity index (χ2n) is 8.84. The van der Waals surface area contributed by atoms with Gasteiger partial charge in [-0.25, -0.2) is 8.42 Å². The Hall–Kier alpha value is -3.07. The molecule has 1 N–H and O–H groups in total. The molecule has 3 rings (SSSR count). The molecule has 2 amide bonds. The van der Waals surface area contributed by atoms with Crippen LogP contribution in [0, 0.1) is 6.92 Å². The van der Waals surface area contributed by atoms with Crippen molar-refractivity contribution < 1.29 is 18.0 Å². The van der Waals surface area contributed by atoms with E-state index in [1.54, 1.807) is 68.4 Å². The lowest BCUT2D eigenvalue weighted by atomic mass is 10.1. The van der Waals surface area contributed by atoms with Crippen LogP contribution in [0.2, 0.25) is 10.0 Å². The summed E-state index contributed by atoms with van der Waals surface area (Å²) < 4.78 is 28.5. The molecule has 0 bridgehead atoms. The number of nitrogens with zero attached hydrogens (tertiary/aromatic N) is 2. The van der Waals surface area contributed by atoms with E-state index >= 15 is 0 Å². The first kappa shape index (κ1) is 29.5. The molecular weight excluding hydrogens is 545 g/mol. The van der Waals surface area contributed by atoms with Crippen molar-refractivity contribution in [1.29, 1.82) is 0 Å². The van der Waals surface area contributed by atoms with Crippen LogP contribution in [0.1, 0.15) is 31.4 Å². The van der Waals surface area contributed by atoms with E-state index in [1.807, 2.05) is 6.92 Å². The van der Waals surface area contributed by atoms with Gasteiger partial charge in [-0.3, -0.25) is 13.9 Å². The summed E-state index contributed by atoms with van der Waals surface area (Å²) in [5, 5.41) is 3.61. The summed E-state index contributed by atoms with van der Waals surface area (Å²) in [6, 6.07) is 18.8. The fraction of sp³-hybridized carbons (Fsp3) is 0.286. The average Bonchev–Trinajstić information content (AvgIpc) is 2.91. The Balaban J connectivity index is 2.04. The fourth-order valence-corrected chi connectivity index (χ4v) is 5.57. The predicted octanol–water partition coefficient (Wildman–Crippen LogP) is 5.44. The topological polar surface area (TPSA) is 86.8 Å². The van der Waals surface area contributed by atoms with Gasteiger partial charge in [-0.05, 0) is 61.7 Å². The zero-order valence-electron chi connectivity index (χ0n) is 21.5. The van der Waals surface area contributed by atoms with Crippen LogP contribution < -0.4 is 9.62 Å². The largest absolute Gasteiger partial charge is 0.354 e. The van der Waals surface area contributed by atoms with Gasteiger partial charge in [-0.2, -0.15) is 0 Å². The number of halogens is 2. The molecule has 0 saturated carbocycles. The molecule has 38 heavy (non-hydrogen) atoms. The summed E-state index contributed by atoms with van der Waals surface area (Å²) in [5.74, 6) is -0.914. The van der Waals surface area contributed by atoms with E-state index in [4.69, 9.17) is 23.2 Å². The smallest absolute Gasteiger partial charge is 0.264 e. The Morgan fingerprint density at radius 1 is 0.947 bits per heavy atom. The van der Waals surface area contributed by atoms with Gasteiger partial charge in [0.05, 0.1) is 10.6 Å². The van der Waals surface area contributed by atoms with Gasteiger partial charge in [0.15, 0.2) is 0 Å². The molecule has 0 fully saturated rings. The maximum atomic E-state index is 13.9. The highest BCUT2D eigenvalue weighted by molar-refractivity contribution is 7.92. The molecule has 0 aliphatic rings. The minimum atomic E-state index is -4.15. The van der Waals surface area contributed by atoms with Crippen LogP contribution in [0.4, 0.5) is 5.69 Å². The van der Waals surface area contributed by atoms with Crippen LogP contribution in [0.3, 0.4) is 0 Å². The number of rotatable bonds is 11. The zero-order chi connectivity index (χ0) is 27.9. The highest BCUT2D eigenvalue weighted by Crippen LogP contribution is 2.29. The Morgan fingerprint density at radius 2 is 1.61 bits per heavy atom. The van der Waals surface area contributed by atoms with Crippen LogP contribution in [0.5, 0.6) is 0 Å². The lowest BCUT2D eigenvalue weighted by Gasteiger charge is -2.32. The molecular formula is C28H31Cl2N3O4S. The number of aryl methyl sites for hydroxylation is 1. The average molecular weight is 577 g/mol. The van der Waals surface area contributed by atoms with Crippen molar-refractivity contribution in [3.8, 4) is 0 Å². The first-order chi connectivity index (χ1) is 18.1. The van der Waals surface area contributed by atoms with Crippen molar-refractivity contribution in [2.75, 3.05) is 17.4 Å². The SMILES string of the molecule is CCCNC(=O)[C@@H](C)N(Cc1ccccc1Cl)C(=O)CN(c1ccc(C)c(Cl)c1)S(=O)(=O)c1ccccc1. The molecule has 202 valence electrons. The van der Waals surface area contributed by atoms with Gasteiger partial charge in [0, 0.05) is 23.1 Å². The van der Waals surface area contributed by atoms with E-state index in [0.717, 1.165) is 16.3 Å². The van der Waals surface area contributed by atoms with Crippen molar-refractivity contribution in [2.45, 2.75) is 44.7 Å². The van der Waals surface area contributed by atoms with Crippen LogP contribution in [-0.2, 0) is 26.2 Å². The number of benzene rings is 3. The molecule has 0 aliphatic carbocycles. The first-order valence-corrected chi connectivity index (χ1v) is 14.4. The van der Waals surface area contributed by atoms with E-state index in [2.05, 4.69) is 5.32 Å². The molecule has 1 atom stereocenters. The van der Waals surface area contributed by atoms with Gasteiger partial charge in [-0.1, -0.05) is 72.6 Å². The number of amides is 2. The number of hydrogen-bond acceptors (Lipinski definition) is 4. The van der Waals surface area contributed by atoms with E-state index in [-0.39, 0.29) is 23.0 Å². The third-order valence-electron chi connectivity index (χ3n) is 6.07. The second-order valence-corrected chi connectivity index (χ2v) is 11.5.